The van der Waals surface area contributed by atoms with Crippen molar-refractivity contribution in [2.45, 2.75) is 18.4 Å². The quantitative estimate of drug-likeness (QED) is 0.180. The molecule has 5 aromatic rings. The lowest BCUT2D eigenvalue weighted by atomic mass is 9.98. The van der Waals surface area contributed by atoms with Gasteiger partial charge in [0.1, 0.15) is 5.82 Å². The van der Waals surface area contributed by atoms with Crippen molar-refractivity contribution in [1.29, 1.82) is 0 Å². The third-order valence-corrected chi connectivity index (χ3v) is 7.06. The van der Waals surface area contributed by atoms with Gasteiger partial charge in [-0.15, -0.1) is 5.10 Å². The fourth-order valence-corrected chi connectivity index (χ4v) is 5.21. The molecular formula is C26H19Cl2N7O4. The minimum Gasteiger partial charge on any atom is -0.618 e. The Kier molecular flexibility index (Phi) is 5.98. The van der Waals surface area contributed by atoms with Crippen LogP contribution in [0.1, 0.15) is 23.5 Å². The van der Waals surface area contributed by atoms with E-state index in [2.05, 4.69) is 25.6 Å². The molecule has 3 heterocycles. The van der Waals surface area contributed by atoms with Crippen LogP contribution in [0.3, 0.4) is 0 Å². The van der Waals surface area contributed by atoms with Crippen LogP contribution in [-0.2, 0) is 12.0 Å². The molecule has 0 saturated carbocycles. The predicted molar refractivity (Wildman–Crippen MR) is 143 cm³/mol. The maximum Gasteiger partial charge on any atom is 0.409 e. The number of halogens is 2. The zero-order chi connectivity index (χ0) is 27.3. The van der Waals surface area contributed by atoms with Crippen molar-refractivity contribution in [2.24, 2.45) is 0 Å². The first-order chi connectivity index (χ1) is 18.7. The maximum atomic E-state index is 13.4. The Morgan fingerprint density at radius 2 is 1.95 bits per heavy atom. The van der Waals surface area contributed by atoms with Crippen molar-refractivity contribution in [3.8, 4) is 28.1 Å². The summed E-state index contributed by atoms with van der Waals surface area (Å²) < 4.78 is 2.17. The molecule has 11 nitrogen and oxygen atoms in total. The van der Waals surface area contributed by atoms with E-state index in [9.17, 15) is 15.1 Å². The number of nitrogens with one attached hydrogen (secondary N) is 2. The smallest absolute Gasteiger partial charge is 0.409 e. The van der Waals surface area contributed by atoms with Crippen molar-refractivity contribution in [2.75, 3.05) is 5.32 Å². The molecule has 0 aliphatic heterocycles. The van der Waals surface area contributed by atoms with Crippen LogP contribution in [0.2, 0.25) is 10.2 Å². The van der Waals surface area contributed by atoms with Crippen molar-refractivity contribution >= 4 is 35.0 Å². The number of pyridine rings is 1. The molecule has 0 spiro atoms. The molecule has 2 aromatic carbocycles. The number of nitrogens with zero attached hydrogens (tertiary/aromatic N) is 5. The number of fused-ring (bicyclic) bond motifs is 1. The molecule has 0 unspecified atom stereocenters. The highest BCUT2D eigenvalue weighted by atomic mass is 35.5. The third kappa shape index (κ3) is 4.46. The maximum absolute atomic E-state index is 13.4. The summed E-state index contributed by atoms with van der Waals surface area (Å²) in [6, 6.07) is 13.7. The Balaban J connectivity index is 1.36. The van der Waals surface area contributed by atoms with E-state index in [1.807, 2.05) is 6.07 Å². The molecule has 13 heteroatoms. The number of anilines is 1. The van der Waals surface area contributed by atoms with Crippen LogP contribution in [0.4, 0.5) is 10.5 Å². The second kappa shape index (κ2) is 9.38. The first-order valence-electron chi connectivity index (χ1n) is 11.7. The first kappa shape index (κ1) is 24.9. The van der Waals surface area contributed by atoms with Crippen LogP contribution in [0.25, 0.3) is 28.1 Å². The molecule has 4 N–H and O–H groups in total. The van der Waals surface area contributed by atoms with Gasteiger partial charge in [-0.05, 0) is 54.8 Å². The summed E-state index contributed by atoms with van der Waals surface area (Å²) in [6.45, 7) is 0. The second-order valence-electron chi connectivity index (χ2n) is 9.09. The van der Waals surface area contributed by atoms with Crippen LogP contribution in [0.5, 0.6) is 0 Å². The molecule has 0 fully saturated rings. The largest absolute Gasteiger partial charge is 0.618 e. The van der Waals surface area contributed by atoms with E-state index in [-0.39, 0.29) is 23.1 Å². The zero-order valence-corrected chi connectivity index (χ0v) is 21.5. The van der Waals surface area contributed by atoms with Crippen LogP contribution in [0.15, 0.2) is 67.1 Å². The Labute approximate surface area is 230 Å². The molecule has 0 saturated heterocycles. The number of carboxylic acid groups (broad SMARTS) is 1. The van der Waals surface area contributed by atoms with Gasteiger partial charge in [0.15, 0.2) is 11.3 Å². The summed E-state index contributed by atoms with van der Waals surface area (Å²) in [5.41, 5.74) is 2.88. The number of benzene rings is 2. The summed E-state index contributed by atoms with van der Waals surface area (Å²) in [5, 5.41) is 44.8. The molecule has 1 atom stereocenters. The molecule has 1 amide bonds. The lowest BCUT2D eigenvalue weighted by Crippen LogP contribution is -2.42. The van der Waals surface area contributed by atoms with Gasteiger partial charge in [-0.1, -0.05) is 40.5 Å². The number of carbonyl (C=O) groups is 1. The minimum absolute atomic E-state index is 0.195. The molecule has 0 bridgehead atoms. The molecule has 196 valence electrons. The normalized spacial score (nSPS) is 16.3. The van der Waals surface area contributed by atoms with Gasteiger partial charge in [0.25, 0.3) is 0 Å². The number of aromatic amines is 1. The van der Waals surface area contributed by atoms with Gasteiger partial charge in [0, 0.05) is 27.4 Å². The average molecular weight is 564 g/mol. The van der Waals surface area contributed by atoms with E-state index in [1.54, 1.807) is 54.9 Å². The number of hydrogen-bond donors (Lipinski definition) is 4. The van der Waals surface area contributed by atoms with Crippen LogP contribution < -0.4 is 10.0 Å². The van der Waals surface area contributed by atoms with Gasteiger partial charge in [-0.25, -0.2) is 14.5 Å². The average Bonchev–Trinajstić information content (AvgIpc) is 3.64. The molecule has 6 rings (SSSR count). The standard InChI is InChI=1S/C26H19Cl2N7O4/c27-17-3-6-21(34-13-22(28)32-33-34)19(10-17)16-9-15-7-8-26(38,23(15)35(39)12-16)24-29-11-20(31-24)14-1-4-18(5-2-14)30-25(36)37/h1-6,9-13,30,38H,7-8H2,(H,29,31)(H,36,37)/t26-/m0/s1. The first-order valence-corrected chi connectivity index (χ1v) is 12.5. The molecular weight excluding hydrogens is 545 g/mol. The SMILES string of the molecule is O=C(O)Nc1ccc(-c2cnc([C@]3(O)CCc4cc(-c5cc(Cl)ccc5-n5cc(Cl)nn5)c[n+]([O-])c43)[nH]2)cc1. The van der Waals surface area contributed by atoms with Crippen LogP contribution in [0, 0.1) is 5.21 Å². The lowest BCUT2D eigenvalue weighted by Gasteiger charge is -2.20. The van der Waals surface area contributed by atoms with E-state index in [4.69, 9.17) is 28.3 Å². The predicted octanol–water partition coefficient (Wildman–Crippen LogP) is 4.54. The van der Waals surface area contributed by atoms with Crippen molar-refractivity contribution < 1.29 is 19.7 Å². The second-order valence-corrected chi connectivity index (χ2v) is 9.91. The van der Waals surface area contributed by atoms with Gasteiger partial charge in [-0.2, -0.15) is 4.73 Å². The summed E-state index contributed by atoms with van der Waals surface area (Å²) in [4.78, 5) is 18.4. The third-order valence-electron chi connectivity index (χ3n) is 6.66. The van der Waals surface area contributed by atoms with Crippen LogP contribution in [-0.4, -0.2) is 41.3 Å². The van der Waals surface area contributed by atoms with E-state index in [0.29, 0.717) is 49.9 Å². The lowest BCUT2D eigenvalue weighted by molar-refractivity contribution is -0.620. The number of aryl methyl sites for hydroxylation is 1. The summed E-state index contributed by atoms with van der Waals surface area (Å²) in [7, 11) is 0. The number of hydrogen-bond acceptors (Lipinski definition) is 6. The Bertz CT molecular complexity index is 1730. The number of imidazole rings is 1. The van der Waals surface area contributed by atoms with Gasteiger partial charge < -0.3 is 20.4 Å². The van der Waals surface area contributed by atoms with E-state index in [0.717, 1.165) is 5.56 Å². The molecule has 0 radical (unpaired) electrons. The number of H-pyrrole nitrogens is 1. The van der Waals surface area contributed by atoms with Crippen LogP contribution >= 0.6 is 23.2 Å². The van der Waals surface area contributed by atoms with Gasteiger partial charge in [-0.3, -0.25) is 5.32 Å². The highest BCUT2D eigenvalue weighted by molar-refractivity contribution is 6.31. The highest BCUT2D eigenvalue weighted by Crippen LogP contribution is 2.41. The molecule has 39 heavy (non-hydrogen) atoms. The highest BCUT2D eigenvalue weighted by Gasteiger charge is 2.48. The van der Waals surface area contributed by atoms with E-state index in [1.165, 1.54) is 10.9 Å². The molecule has 3 aromatic heterocycles. The Hall–Kier alpha value is -4.45. The van der Waals surface area contributed by atoms with E-state index < -0.39 is 11.7 Å². The summed E-state index contributed by atoms with van der Waals surface area (Å²) >= 11 is 12.2. The van der Waals surface area contributed by atoms with Crippen molar-refractivity contribution in [3.05, 3.63) is 99.6 Å². The number of rotatable bonds is 5. The number of aliphatic hydroxyl groups is 1. The van der Waals surface area contributed by atoms with Gasteiger partial charge in [0.2, 0.25) is 11.3 Å². The monoisotopic (exact) mass is 563 g/mol. The molecule has 1 aliphatic carbocycles. The van der Waals surface area contributed by atoms with Gasteiger partial charge >= 0.3 is 6.09 Å². The number of amides is 1. The topological polar surface area (TPSA) is 156 Å². The van der Waals surface area contributed by atoms with Crippen molar-refractivity contribution in [1.82, 2.24) is 25.0 Å². The minimum atomic E-state index is -1.63. The number of aromatic nitrogens is 6. The Morgan fingerprint density at radius 1 is 1.15 bits per heavy atom. The zero-order valence-electron chi connectivity index (χ0n) is 20.0. The Morgan fingerprint density at radius 3 is 2.67 bits per heavy atom. The fourth-order valence-electron chi connectivity index (χ4n) is 4.91. The van der Waals surface area contributed by atoms with Crippen molar-refractivity contribution in [3.63, 3.8) is 0 Å². The van der Waals surface area contributed by atoms with Gasteiger partial charge in [0.05, 0.1) is 23.8 Å². The fraction of sp³-hybridized carbons (Fsp3) is 0.115. The summed E-state index contributed by atoms with van der Waals surface area (Å²) in [6.07, 6.45) is 4.05. The molecule has 1 aliphatic rings. The van der Waals surface area contributed by atoms with E-state index >= 15 is 0 Å². The summed E-state index contributed by atoms with van der Waals surface area (Å²) in [5.74, 6) is 0.238.